The molecule has 0 aliphatic rings. The van der Waals surface area contributed by atoms with Crippen LogP contribution in [0.15, 0.2) is 53.1 Å². The van der Waals surface area contributed by atoms with Crippen LogP contribution in [0, 0.1) is 0 Å². The first-order valence-electron chi connectivity index (χ1n) is 7.21. The van der Waals surface area contributed by atoms with Crippen LogP contribution in [0.2, 0.25) is 0 Å². The Morgan fingerprint density at radius 3 is 2.86 bits per heavy atom. The maximum absolute atomic E-state index is 12.1. The number of hydrogen-bond acceptors (Lipinski definition) is 3. The molecular formula is C17H18N2O3. The Labute approximate surface area is 128 Å². The monoisotopic (exact) mass is 298 g/mol. The third-order valence-electron chi connectivity index (χ3n) is 3.68. The standard InChI is InChI=1S/C17H18N2O3/c1-19-10-4-6-13(19)14(20)8-9-18-17(21)16-11-12-5-2-3-7-15(12)22-16/h2-7,10-11,14,20H,8-9H2,1H3,(H,18,21). The maximum Gasteiger partial charge on any atom is 0.287 e. The van der Waals surface area contributed by atoms with Crippen molar-refractivity contribution in [2.24, 2.45) is 7.05 Å². The van der Waals surface area contributed by atoms with Gasteiger partial charge >= 0.3 is 0 Å². The van der Waals surface area contributed by atoms with Gasteiger partial charge in [0.15, 0.2) is 5.76 Å². The van der Waals surface area contributed by atoms with Crippen molar-refractivity contribution in [2.75, 3.05) is 6.54 Å². The minimum absolute atomic E-state index is 0.268. The van der Waals surface area contributed by atoms with E-state index in [1.165, 1.54) is 0 Å². The van der Waals surface area contributed by atoms with Gasteiger partial charge in [0.1, 0.15) is 5.58 Å². The van der Waals surface area contributed by atoms with Crippen LogP contribution in [0.1, 0.15) is 28.8 Å². The van der Waals surface area contributed by atoms with Crippen LogP contribution >= 0.6 is 0 Å². The molecule has 0 spiro atoms. The van der Waals surface area contributed by atoms with Crippen molar-refractivity contribution >= 4 is 16.9 Å². The Morgan fingerprint density at radius 2 is 2.14 bits per heavy atom. The predicted molar refractivity (Wildman–Crippen MR) is 83.5 cm³/mol. The number of furan rings is 1. The third-order valence-corrected chi connectivity index (χ3v) is 3.68. The molecule has 2 aromatic heterocycles. The van der Waals surface area contributed by atoms with Gasteiger partial charge in [0.25, 0.3) is 5.91 Å². The van der Waals surface area contributed by atoms with Crippen LogP contribution in [0.25, 0.3) is 11.0 Å². The summed E-state index contributed by atoms with van der Waals surface area (Å²) in [7, 11) is 1.88. The van der Waals surface area contributed by atoms with Gasteiger partial charge in [-0.15, -0.1) is 0 Å². The fourth-order valence-electron chi connectivity index (χ4n) is 2.47. The lowest BCUT2D eigenvalue weighted by Gasteiger charge is -2.12. The Morgan fingerprint density at radius 1 is 1.32 bits per heavy atom. The smallest absolute Gasteiger partial charge is 0.287 e. The molecule has 2 N–H and O–H groups in total. The van der Waals surface area contributed by atoms with Gasteiger partial charge in [-0.1, -0.05) is 18.2 Å². The van der Waals surface area contributed by atoms with E-state index in [0.717, 1.165) is 11.1 Å². The molecule has 3 rings (SSSR count). The zero-order valence-corrected chi connectivity index (χ0v) is 12.3. The molecule has 0 radical (unpaired) electrons. The average molecular weight is 298 g/mol. The summed E-state index contributed by atoms with van der Waals surface area (Å²) in [5, 5.41) is 13.8. The van der Waals surface area contributed by atoms with E-state index in [1.54, 1.807) is 6.07 Å². The van der Waals surface area contributed by atoms with E-state index in [2.05, 4.69) is 5.32 Å². The fourth-order valence-corrected chi connectivity index (χ4v) is 2.47. The molecule has 0 bridgehead atoms. The number of nitrogens with zero attached hydrogens (tertiary/aromatic N) is 1. The van der Waals surface area contributed by atoms with Gasteiger partial charge in [-0.25, -0.2) is 0 Å². The van der Waals surface area contributed by atoms with Crippen molar-refractivity contribution in [1.82, 2.24) is 9.88 Å². The van der Waals surface area contributed by atoms with Crippen LogP contribution in [0.4, 0.5) is 0 Å². The quantitative estimate of drug-likeness (QED) is 0.761. The number of benzene rings is 1. The molecule has 1 atom stereocenters. The van der Waals surface area contributed by atoms with Crippen LogP contribution in [-0.2, 0) is 7.05 Å². The molecule has 1 amide bonds. The number of para-hydroxylation sites is 1. The number of carbonyl (C=O) groups excluding carboxylic acids is 1. The van der Waals surface area contributed by atoms with Crippen molar-refractivity contribution in [1.29, 1.82) is 0 Å². The Kier molecular flexibility index (Phi) is 3.98. The van der Waals surface area contributed by atoms with Crippen molar-refractivity contribution in [3.63, 3.8) is 0 Å². The van der Waals surface area contributed by atoms with Crippen LogP contribution in [-0.4, -0.2) is 22.1 Å². The molecule has 0 saturated carbocycles. The lowest BCUT2D eigenvalue weighted by molar-refractivity contribution is 0.0916. The second-order valence-electron chi connectivity index (χ2n) is 5.25. The Balaban J connectivity index is 1.57. The number of aliphatic hydroxyl groups is 1. The van der Waals surface area contributed by atoms with E-state index in [4.69, 9.17) is 4.42 Å². The molecule has 0 aliphatic heterocycles. The summed E-state index contributed by atoms with van der Waals surface area (Å²) < 4.78 is 7.37. The van der Waals surface area contributed by atoms with E-state index < -0.39 is 6.10 Å². The molecular weight excluding hydrogens is 280 g/mol. The average Bonchev–Trinajstić information content (AvgIpc) is 3.12. The minimum atomic E-state index is -0.601. The highest BCUT2D eigenvalue weighted by atomic mass is 16.3. The first-order valence-corrected chi connectivity index (χ1v) is 7.21. The van der Waals surface area contributed by atoms with E-state index >= 15 is 0 Å². The minimum Gasteiger partial charge on any atom is -0.451 e. The number of rotatable bonds is 5. The van der Waals surface area contributed by atoms with Gasteiger partial charge in [0.2, 0.25) is 0 Å². The zero-order chi connectivity index (χ0) is 15.5. The number of carbonyl (C=O) groups is 1. The zero-order valence-electron chi connectivity index (χ0n) is 12.3. The van der Waals surface area contributed by atoms with Gasteiger partial charge < -0.3 is 19.4 Å². The van der Waals surface area contributed by atoms with Crippen molar-refractivity contribution < 1.29 is 14.3 Å². The highest BCUT2D eigenvalue weighted by Crippen LogP contribution is 2.19. The van der Waals surface area contributed by atoms with Gasteiger partial charge in [0.05, 0.1) is 6.10 Å². The topological polar surface area (TPSA) is 67.4 Å². The molecule has 0 aliphatic carbocycles. The van der Waals surface area contributed by atoms with Crippen LogP contribution < -0.4 is 5.32 Å². The number of aryl methyl sites for hydroxylation is 1. The number of fused-ring (bicyclic) bond motifs is 1. The molecule has 0 saturated heterocycles. The summed E-state index contributed by atoms with van der Waals surface area (Å²) in [5.41, 5.74) is 1.52. The lowest BCUT2D eigenvalue weighted by Crippen LogP contribution is -2.25. The third kappa shape index (κ3) is 2.89. The Hall–Kier alpha value is -2.53. The van der Waals surface area contributed by atoms with Gasteiger partial charge in [0, 0.05) is 30.9 Å². The Bertz CT molecular complexity index is 755. The van der Waals surface area contributed by atoms with E-state index in [-0.39, 0.29) is 11.7 Å². The van der Waals surface area contributed by atoms with Crippen LogP contribution in [0.5, 0.6) is 0 Å². The largest absolute Gasteiger partial charge is 0.451 e. The first kappa shape index (κ1) is 14.4. The number of nitrogens with one attached hydrogen (secondary N) is 1. The summed E-state index contributed by atoms with van der Waals surface area (Å²) >= 11 is 0. The fraction of sp³-hybridized carbons (Fsp3) is 0.235. The van der Waals surface area contributed by atoms with Crippen molar-refractivity contribution in [3.8, 4) is 0 Å². The molecule has 114 valence electrons. The number of hydrogen-bond donors (Lipinski definition) is 2. The summed E-state index contributed by atoms with van der Waals surface area (Å²) in [6, 6.07) is 13.0. The maximum atomic E-state index is 12.1. The molecule has 5 nitrogen and oxygen atoms in total. The van der Waals surface area contributed by atoms with E-state index in [0.29, 0.717) is 18.5 Å². The summed E-state index contributed by atoms with van der Waals surface area (Å²) in [5.74, 6) is 0.0184. The van der Waals surface area contributed by atoms with Gasteiger partial charge in [-0.3, -0.25) is 4.79 Å². The number of amides is 1. The summed E-state index contributed by atoms with van der Waals surface area (Å²) in [6.07, 6.45) is 1.73. The number of aliphatic hydroxyl groups excluding tert-OH is 1. The summed E-state index contributed by atoms with van der Waals surface area (Å²) in [6.45, 7) is 0.377. The van der Waals surface area contributed by atoms with Crippen molar-refractivity contribution in [3.05, 3.63) is 60.1 Å². The first-order chi connectivity index (χ1) is 10.6. The number of aromatic nitrogens is 1. The summed E-state index contributed by atoms with van der Waals surface area (Å²) in [4.78, 5) is 12.1. The van der Waals surface area contributed by atoms with Gasteiger partial charge in [-0.2, -0.15) is 0 Å². The highest BCUT2D eigenvalue weighted by molar-refractivity contribution is 5.96. The molecule has 1 unspecified atom stereocenters. The van der Waals surface area contributed by atoms with E-state index in [9.17, 15) is 9.90 Å². The molecule has 0 fully saturated rings. The lowest BCUT2D eigenvalue weighted by atomic mass is 10.2. The molecule has 5 heteroatoms. The molecule has 3 aromatic rings. The normalized spacial score (nSPS) is 12.5. The van der Waals surface area contributed by atoms with Crippen LogP contribution in [0.3, 0.4) is 0 Å². The van der Waals surface area contributed by atoms with Gasteiger partial charge in [-0.05, 0) is 30.7 Å². The molecule has 1 aromatic carbocycles. The predicted octanol–water partition coefficient (Wildman–Crippen LogP) is 2.62. The molecule has 2 heterocycles. The second-order valence-corrected chi connectivity index (χ2v) is 5.25. The van der Waals surface area contributed by atoms with Crippen molar-refractivity contribution in [2.45, 2.75) is 12.5 Å². The second kappa shape index (κ2) is 6.07. The highest BCUT2D eigenvalue weighted by Gasteiger charge is 2.14. The molecule has 22 heavy (non-hydrogen) atoms. The van der Waals surface area contributed by atoms with E-state index in [1.807, 2.05) is 54.2 Å². The SMILES string of the molecule is Cn1cccc1C(O)CCNC(=O)c1cc2ccccc2o1.